The van der Waals surface area contributed by atoms with Crippen molar-refractivity contribution < 1.29 is 19.4 Å². The van der Waals surface area contributed by atoms with Gasteiger partial charge >= 0.3 is 5.97 Å². The summed E-state index contributed by atoms with van der Waals surface area (Å²) in [7, 11) is 0. The van der Waals surface area contributed by atoms with E-state index in [4.69, 9.17) is 4.74 Å². The van der Waals surface area contributed by atoms with Crippen LogP contribution in [-0.2, 0) is 14.3 Å². The molecule has 0 aromatic rings. The van der Waals surface area contributed by atoms with E-state index in [-0.39, 0.29) is 5.91 Å². The van der Waals surface area contributed by atoms with Gasteiger partial charge in [-0.1, -0.05) is 12.8 Å². The van der Waals surface area contributed by atoms with Crippen LogP contribution in [0, 0.1) is 5.92 Å². The molecule has 3 unspecified atom stereocenters. The third-order valence-electron chi connectivity index (χ3n) is 4.14. The summed E-state index contributed by atoms with van der Waals surface area (Å²) in [5.41, 5.74) is -0.632. The molecule has 1 aliphatic carbocycles. The van der Waals surface area contributed by atoms with Gasteiger partial charge in [0.05, 0.1) is 11.5 Å². The SMILES string of the molecule is CC1(NC(=O)C2CCCO2)CCCCC1C(=O)O. The van der Waals surface area contributed by atoms with Gasteiger partial charge in [-0.15, -0.1) is 0 Å². The van der Waals surface area contributed by atoms with Gasteiger partial charge in [-0.2, -0.15) is 0 Å². The van der Waals surface area contributed by atoms with Gasteiger partial charge in [0.1, 0.15) is 6.10 Å². The lowest BCUT2D eigenvalue weighted by Gasteiger charge is -2.40. The van der Waals surface area contributed by atoms with E-state index in [1.165, 1.54) is 0 Å². The maximum atomic E-state index is 12.1. The number of carbonyl (C=O) groups excluding carboxylic acids is 1. The van der Waals surface area contributed by atoms with E-state index in [1.54, 1.807) is 0 Å². The Balaban J connectivity index is 2.03. The van der Waals surface area contributed by atoms with Crippen molar-refractivity contribution >= 4 is 11.9 Å². The highest BCUT2D eigenvalue weighted by molar-refractivity contribution is 5.83. The monoisotopic (exact) mass is 255 g/mol. The van der Waals surface area contributed by atoms with Crippen molar-refractivity contribution in [2.24, 2.45) is 5.92 Å². The van der Waals surface area contributed by atoms with Gasteiger partial charge < -0.3 is 15.2 Å². The van der Waals surface area contributed by atoms with Crippen molar-refractivity contribution in [1.29, 1.82) is 0 Å². The molecule has 2 aliphatic rings. The smallest absolute Gasteiger partial charge is 0.308 e. The second-order valence-corrected chi connectivity index (χ2v) is 5.54. The molecular formula is C13H21NO4. The number of ether oxygens (including phenoxy) is 1. The van der Waals surface area contributed by atoms with E-state index < -0.39 is 23.5 Å². The van der Waals surface area contributed by atoms with Crippen LogP contribution in [0.25, 0.3) is 0 Å². The Morgan fingerprint density at radius 3 is 2.67 bits per heavy atom. The number of carboxylic acid groups (broad SMARTS) is 1. The largest absolute Gasteiger partial charge is 0.481 e. The number of hydrogen-bond acceptors (Lipinski definition) is 3. The molecule has 5 heteroatoms. The summed E-state index contributed by atoms with van der Waals surface area (Å²) < 4.78 is 5.34. The number of carboxylic acids is 1. The molecule has 3 atom stereocenters. The molecular weight excluding hydrogens is 234 g/mol. The van der Waals surface area contributed by atoms with Gasteiger partial charge in [0.25, 0.3) is 0 Å². The van der Waals surface area contributed by atoms with Gasteiger partial charge in [0.15, 0.2) is 0 Å². The summed E-state index contributed by atoms with van der Waals surface area (Å²) in [5, 5.41) is 12.2. The second kappa shape index (κ2) is 5.26. The first-order valence-electron chi connectivity index (χ1n) is 6.69. The molecule has 102 valence electrons. The lowest BCUT2D eigenvalue weighted by Crippen LogP contribution is -2.57. The molecule has 1 heterocycles. The molecule has 1 saturated heterocycles. The molecule has 2 N–H and O–H groups in total. The summed E-state index contributed by atoms with van der Waals surface area (Å²) in [6.07, 6.45) is 4.49. The van der Waals surface area contributed by atoms with Crippen molar-refractivity contribution in [2.75, 3.05) is 6.61 Å². The quantitative estimate of drug-likeness (QED) is 0.797. The van der Waals surface area contributed by atoms with Crippen LogP contribution in [0.15, 0.2) is 0 Å². The lowest BCUT2D eigenvalue weighted by atomic mass is 9.73. The van der Waals surface area contributed by atoms with Crippen LogP contribution in [-0.4, -0.2) is 35.2 Å². The summed E-state index contributed by atoms with van der Waals surface area (Å²) in [6.45, 7) is 2.47. The number of carbonyl (C=O) groups is 2. The fourth-order valence-corrected chi connectivity index (χ4v) is 3.03. The van der Waals surface area contributed by atoms with E-state index in [9.17, 15) is 14.7 Å². The van der Waals surface area contributed by atoms with Crippen molar-refractivity contribution in [1.82, 2.24) is 5.32 Å². The normalized spacial score (nSPS) is 36.3. The first kappa shape index (κ1) is 13.3. The zero-order valence-electron chi connectivity index (χ0n) is 10.8. The van der Waals surface area contributed by atoms with Crippen LogP contribution >= 0.6 is 0 Å². The zero-order valence-corrected chi connectivity index (χ0v) is 10.8. The number of nitrogens with one attached hydrogen (secondary N) is 1. The highest BCUT2D eigenvalue weighted by Gasteiger charge is 2.43. The standard InChI is InChI=1S/C13H21NO4/c1-13(7-3-2-5-9(13)12(16)17)14-11(15)10-6-4-8-18-10/h9-10H,2-8H2,1H3,(H,14,15)(H,16,17). The Morgan fingerprint density at radius 2 is 2.06 bits per heavy atom. The van der Waals surface area contributed by atoms with Gasteiger partial charge in [-0.25, -0.2) is 0 Å². The Morgan fingerprint density at radius 1 is 1.28 bits per heavy atom. The molecule has 1 amide bonds. The predicted molar refractivity (Wildman–Crippen MR) is 65.1 cm³/mol. The molecule has 2 fully saturated rings. The topological polar surface area (TPSA) is 75.6 Å². The molecule has 1 saturated carbocycles. The van der Waals surface area contributed by atoms with Crippen molar-refractivity contribution in [2.45, 2.75) is 57.1 Å². The van der Waals surface area contributed by atoms with Crippen molar-refractivity contribution in [3.8, 4) is 0 Å². The molecule has 0 bridgehead atoms. The zero-order chi connectivity index (χ0) is 13.2. The van der Waals surface area contributed by atoms with Gasteiger partial charge in [0.2, 0.25) is 5.91 Å². The minimum atomic E-state index is -0.815. The maximum absolute atomic E-state index is 12.1. The van der Waals surface area contributed by atoms with E-state index in [2.05, 4.69) is 5.32 Å². The predicted octanol–water partition coefficient (Wildman–Crippen LogP) is 1.32. The molecule has 0 radical (unpaired) electrons. The van der Waals surface area contributed by atoms with E-state index in [1.807, 2.05) is 6.92 Å². The molecule has 5 nitrogen and oxygen atoms in total. The molecule has 0 spiro atoms. The maximum Gasteiger partial charge on any atom is 0.308 e. The highest BCUT2D eigenvalue weighted by atomic mass is 16.5. The van der Waals surface area contributed by atoms with Crippen molar-refractivity contribution in [3.63, 3.8) is 0 Å². The number of aliphatic carboxylic acids is 1. The Kier molecular flexibility index (Phi) is 3.90. The van der Waals surface area contributed by atoms with Gasteiger partial charge in [-0.3, -0.25) is 9.59 Å². The number of rotatable bonds is 3. The Bertz CT molecular complexity index is 338. The van der Waals surface area contributed by atoms with Crippen LogP contribution in [0.2, 0.25) is 0 Å². The molecule has 0 aromatic heterocycles. The Hall–Kier alpha value is -1.10. The second-order valence-electron chi connectivity index (χ2n) is 5.54. The van der Waals surface area contributed by atoms with Gasteiger partial charge in [-0.05, 0) is 32.6 Å². The van der Waals surface area contributed by atoms with Crippen LogP contribution in [0.3, 0.4) is 0 Å². The minimum absolute atomic E-state index is 0.150. The van der Waals surface area contributed by atoms with E-state index in [0.29, 0.717) is 13.0 Å². The van der Waals surface area contributed by atoms with Crippen LogP contribution in [0.1, 0.15) is 45.4 Å². The first-order valence-corrected chi connectivity index (χ1v) is 6.69. The van der Waals surface area contributed by atoms with Crippen LogP contribution < -0.4 is 5.32 Å². The number of hydrogen-bond donors (Lipinski definition) is 2. The molecule has 1 aliphatic heterocycles. The van der Waals surface area contributed by atoms with Crippen molar-refractivity contribution in [3.05, 3.63) is 0 Å². The van der Waals surface area contributed by atoms with E-state index >= 15 is 0 Å². The third kappa shape index (κ3) is 2.66. The highest BCUT2D eigenvalue weighted by Crippen LogP contribution is 2.34. The first-order chi connectivity index (χ1) is 8.53. The summed E-state index contributed by atoms with van der Waals surface area (Å²) >= 11 is 0. The summed E-state index contributed by atoms with van der Waals surface area (Å²) in [6, 6.07) is 0. The minimum Gasteiger partial charge on any atom is -0.481 e. The fourth-order valence-electron chi connectivity index (χ4n) is 3.03. The number of amides is 1. The summed E-state index contributed by atoms with van der Waals surface area (Å²) in [4.78, 5) is 23.3. The lowest BCUT2D eigenvalue weighted by molar-refractivity contribution is -0.147. The molecule has 0 aromatic carbocycles. The molecule has 18 heavy (non-hydrogen) atoms. The van der Waals surface area contributed by atoms with Gasteiger partial charge in [0, 0.05) is 6.61 Å². The fraction of sp³-hybridized carbons (Fsp3) is 0.846. The average molecular weight is 255 g/mol. The Labute approximate surface area is 107 Å². The van der Waals surface area contributed by atoms with E-state index in [0.717, 1.165) is 32.1 Å². The third-order valence-corrected chi connectivity index (χ3v) is 4.14. The van der Waals surface area contributed by atoms with Crippen LogP contribution in [0.5, 0.6) is 0 Å². The summed E-state index contributed by atoms with van der Waals surface area (Å²) in [5.74, 6) is -1.45. The molecule has 2 rings (SSSR count). The average Bonchev–Trinajstić information content (AvgIpc) is 2.81. The van der Waals surface area contributed by atoms with Crippen LogP contribution in [0.4, 0.5) is 0 Å².